The summed E-state index contributed by atoms with van der Waals surface area (Å²) >= 11 is 12.1. The number of rotatable bonds is 4. The van der Waals surface area contributed by atoms with Crippen LogP contribution in [0, 0.1) is 0 Å². The molecule has 0 saturated heterocycles. The van der Waals surface area contributed by atoms with E-state index < -0.39 is 11.9 Å². The van der Waals surface area contributed by atoms with Crippen molar-refractivity contribution >= 4 is 28.8 Å². The molecular formula is C24H16Cl2F3N5O. The van der Waals surface area contributed by atoms with Crippen molar-refractivity contribution in [1.82, 2.24) is 24.7 Å². The first-order chi connectivity index (χ1) is 16.6. The zero-order valence-electron chi connectivity index (χ0n) is 18.3. The van der Waals surface area contributed by atoms with E-state index in [2.05, 4.69) is 20.2 Å². The van der Waals surface area contributed by atoms with Gasteiger partial charge in [0.25, 0.3) is 5.89 Å². The van der Waals surface area contributed by atoms with Gasteiger partial charge in [0.15, 0.2) is 17.0 Å². The number of benzene rings is 2. The van der Waals surface area contributed by atoms with Gasteiger partial charge in [0, 0.05) is 22.2 Å². The zero-order chi connectivity index (χ0) is 24.9. The molecule has 0 radical (unpaired) electrons. The average Bonchev–Trinajstić information content (AvgIpc) is 3.45. The van der Waals surface area contributed by atoms with Gasteiger partial charge in [-0.2, -0.15) is 23.3 Å². The lowest BCUT2D eigenvalue weighted by Gasteiger charge is -2.11. The third-order valence-electron chi connectivity index (χ3n) is 5.41. The van der Waals surface area contributed by atoms with Crippen molar-refractivity contribution in [2.45, 2.75) is 25.9 Å². The van der Waals surface area contributed by atoms with Crippen molar-refractivity contribution in [3.8, 4) is 34.2 Å². The lowest BCUT2D eigenvalue weighted by molar-refractivity contribution is -0.142. The second kappa shape index (κ2) is 8.66. The van der Waals surface area contributed by atoms with Crippen LogP contribution in [0.2, 0.25) is 10.0 Å². The largest absolute Gasteiger partial charge is 0.433 e. The Bertz CT molecular complexity index is 1540. The molecule has 5 aromatic rings. The Morgan fingerprint density at radius 3 is 2.31 bits per heavy atom. The Kier molecular flexibility index (Phi) is 5.77. The average molecular weight is 518 g/mol. The van der Waals surface area contributed by atoms with Gasteiger partial charge in [0.05, 0.1) is 10.7 Å². The minimum atomic E-state index is -4.67. The van der Waals surface area contributed by atoms with Crippen molar-refractivity contribution in [2.24, 2.45) is 0 Å². The van der Waals surface area contributed by atoms with Crippen molar-refractivity contribution in [3.63, 3.8) is 0 Å². The molecule has 0 atom stereocenters. The topological polar surface area (TPSA) is 69.1 Å². The van der Waals surface area contributed by atoms with Crippen LogP contribution in [0.4, 0.5) is 13.2 Å². The highest BCUT2D eigenvalue weighted by atomic mass is 35.5. The van der Waals surface area contributed by atoms with Crippen LogP contribution in [0.5, 0.6) is 0 Å². The van der Waals surface area contributed by atoms with Crippen LogP contribution in [-0.4, -0.2) is 24.7 Å². The van der Waals surface area contributed by atoms with Crippen LogP contribution in [0.25, 0.3) is 39.9 Å². The van der Waals surface area contributed by atoms with E-state index in [4.69, 9.17) is 27.7 Å². The molecule has 178 valence electrons. The van der Waals surface area contributed by atoms with Gasteiger partial charge in [-0.1, -0.05) is 66.5 Å². The molecule has 0 aliphatic rings. The van der Waals surface area contributed by atoms with Crippen LogP contribution in [0.15, 0.2) is 59.1 Å². The van der Waals surface area contributed by atoms with Crippen LogP contribution in [0.3, 0.4) is 0 Å². The van der Waals surface area contributed by atoms with Gasteiger partial charge >= 0.3 is 6.18 Å². The van der Waals surface area contributed by atoms with E-state index in [1.54, 1.807) is 24.3 Å². The van der Waals surface area contributed by atoms with Gasteiger partial charge < -0.3 is 4.52 Å². The molecule has 11 heteroatoms. The van der Waals surface area contributed by atoms with E-state index in [-0.39, 0.29) is 28.8 Å². The smallest absolute Gasteiger partial charge is 0.332 e. The predicted molar refractivity (Wildman–Crippen MR) is 126 cm³/mol. The summed E-state index contributed by atoms with van der Waals surface area (Å²) in [6.45, 7) is 4.08. The minimum Gasteiger partial charge on any atom is -0.332 e. The van der Waals surface area contributed by atoms with Gasteiger partial charge in [0.2, 0.25) is 5.82 Å². The third kappa shape index (κ3) is 4.49. The Morgan fingerprint density at radius 1 is 0.914 bits per heavy atom. The molecule has 5 rings (SSSR count). The normalized spacial score (nSPS) is 12.1. The van der Waals surface area contributed by atoms with Gasteiger partial charge in [-0.05, 0) is 35.7 Å². The highest BCUT2D eigenvalue weighted by molar-refractivity contribution is 6.36. The molecule has 0 aliphatic carbocycles. The molecule has 0 aliphatic heterocycles. The summed E-state index contributed by atoms with van der Waals surface area (Å²) in [5.41, 5.74) is 1.31. The number of hydrogen-bond acceptors (Lipinski definition) is 5. The minimum absolute atomic E-state index is 0.0120. The molecule has 3 aromatic heterocycles. The molecule has 3 heterocycles. The molecule has 0 fully saturated rings. The summed E-state index contributed by atoms with van der Waals surface area (Å²) in [6, 6.07) is 14.3. The van der Waals surface area contributed by atoms with Crippen LogP contribution in [0.1, 0.15) is 31.0 Å². The molecule has 2 aromatic carbocycles. The first-order valence-corrected chi connectivity index (χ1v) is 11.2. The van der Waals surface area contributed by atoms with E-state index in [1.807, 2.05) is 26.0 Å². The Balaban J connectivity index is 1.59. The molecule has 0 unspecified atom stereocenters. The summed E-state index contributed by atoms with van der Waals surface area (Å²) in [5.74, 6) is 0.366. The van der Waals surface area contributed by atoms with E-state index in [0.29, 0.717) is 27.1 Å². The number of fused-ring (bicyclic) bond motifs is 1. The number of nitrogens with zero attached hydrogens (tertiary/aromatic N) is 5. The quantitative estimate of drug-likeness (QED) is 0.246. The number of halogens is 5. The maximum absolute atomic E-state index is 13.9. The summed E-state index contributed by atoms with van der Waals surface area (Å²) in [4.78, 5) is 8.65. The number of hydrogen-bond donors (Lipinski definition) is 0. The predicted octanol–water partition coefficient (Wildman–Crippen LogP) is 7.56. The van der Waals surface area contributed by atoms with E-state index >= 15 is 0 Å². The van der Waals surface area contributed by atoms with Crippen molar-refractivity contribution < 1.29 is 17.7 Å². The van der Waals surface area contributed by atoms with Crippen molar-refractivity contribution in [3.05, 3.63) is 75.9 Å². The summed E-state index contributed by atoms with van der Waals surface area (Å²) in [5, 5.41) is 8.66. The zero-order valence-corrected chi connectivity index (χ0v) is 19.8. The molecular weight excluding hydrogens is 502 g/mol. The van der Waals surface area contributed by atoms with Gasteiger partial charge in [-0.15, -0.1) is 0 Å². The second-order valence-electron chi connectivity index (χ2n) is 8.15. The van der Waals surface area contributed by atoms with Crippen LogP contribution < -0.4 is 0 Å². The SMILES string of the molecule is CC(C)c1ccc(-c2cc(C(F)(F)F)n3nc(-c4nc(-c5ccc(Cl)cc5Cl)no4)cc3n2)cc1. The van der Waals surface area contributed by atoms with Crippen molar-refractivity contribution in [1.29, 1.82) is 0 Å². The van der Waals surface area contributed by atoms with E-state index in [1.165, 1.54) is 12.1 Å². The molecule has 0 saturated carbocycles. The van der Waals surface area contributed by atoms with Crippen LogP contribution >= 0.6 is 23.2 Å². The Morgan fingerprint density at radius 2 is 1.66 bits per heavy atom. The van der Waals surface area contributed by atoms with E-state index in [0.717, 1.165) is 16.1 Å². The second-order valence-corrected chi connectivity index (χ2v) is 8.99. The fourth-order valence-corrected chi connectivity index (χ4v) is 4.07. The van der Waals surface area contributed by atoms with Crippen molar-refractivity contribution in [2.75, 3.05) is 0 Å². The molecule has 0 spiro atoms. The van der Waals surface area contributed by atoms with Gasteiger partial charge in [0.1, 0.15) is 0 Å². The monoisotopic (exact) mass is 517 g/mol. The maximum Gasteiger partial charge on any atom is 0.433 e. The summed E-state index contributed by atoms with van der Waals surface area (Å²) < 4.78 is 47.8. The van der Waals surface area contributed by atoms with Crippen LogP contribution in [-0.2, 0) is 6.18 Å². The molecule has 0 amide bonds. The third-order valence-corrected chi connectivity index (χ3v) is 5.96. The highest BCUT2D eigenvalue weighted by Crippen LogP contribution is 2.34. The lowest BCUT2D eigenvalue weighted by Crippen LogP contribution is -2.13. The summed E-state index contributed by atoms with van der Waals surface area (Å²) in [6.07, 6.45) is -4.67. The molecule has 35 heavy (non-hydrogen) atoms. The maximum atomic E-state index is 13.9. The highest BCUT2D eigenvalue weighted by Gasteiger charge is 2.35. The fourth-order valence-electron chi connectivity index (χ4n) is 3.58. The summed E-state index contributed by atoms with van der Waals surface area (Å²) in [7, 11) is 0. The fraction of sp³-hybridized carbons (Fsp3) is 0.167. The Hall–Kier alpha value is -3.43. The lowest BCUT2D eigenvalue weighted by atomic mass is 10.0. The molecule has 0 bridgehead atoms. The number of aromatic nitrogens is 5. The van der Waals surface area contributed by atoms with E-state index in [9.17, 15) is 13.2 Å². The number of alkyl halides is 3. The Labute approximate surface area is 207 Å². The standard InChI is InChI=1S/C24H16Cl2F3N5O/c1-12(2)13-3-5-14(6-4-13)18-10-20(24(27,28)29)34-21(30-18)11-19(32-34)23-31-22(33-35-23)16-8-7-15(25)9-17(16)26/h3-12H,1-2H3. The molecule has 0 N–H and O–H groups in total. The first-order valence-electron chi connectivity index (χ1n) is 10.5. The van der Waals surface area contributed by atoms with Gasteiger partial charge in [-0.25, -0.2) is 9.50 Å². The van der Waals surface area contributed by atoms with Gasteiger partial charge in [-0.3, -0.25) is 0 Å². The molecule has 6 nitrogen and oxygen atoms in total. The first kappa shape index (κ1) is 23.3.